The molecule has 3 saturated heterocycles. The van der Waals surface area contributed by atoms with Crippen LogP contribution in [-0.4, -0.2) is 87.2 Å². The SMILES string of the molecule is CC(C)(C)OC(=O)N1[C@H](COCCCCCCCCCCC/C=C/C[C@@]23CC[C@@H](O[Si](C)(C)C(C)(C)C)[C@@H](O2)[C@H](CCCCCCOCc2ccccc2)O3)COC1(C)C. The van der Waals surface area contributed by atoms with Crippen molar-refractivity contribution in [2.45, 2.75) is 237 Å². The number of carbonyl (C=O) groups is 1. The van der Waals surface area contributed by atoms with Gasteiger partial charge in [0.05, 0.1) is 38.1 Å². The molecule has 10 heteroatoms. The van der Waals surface area contributed by atoms with E-state index in [2.05, 4.69) is 70.3 Å². The fourth-order valence-corrected chi connectivity index (χ4v) is 9.78. The van der Waals surface area contributed by atoms with Gasteiger partial charge in [0.25, 0.3) is 0 Å². The zero-order chi connectivity index (χ0) is 43.7. The van der Waals surface area contributed by atoms with Crippen molar-refractivity contribution in [3.8, 4) is 0 Å². The van der Waals surface area contributed by atoms with Crippen LogP contribution in [0, 0.1) is 0 Å². The van der Waals surface area contributed by atoms with Gasteiger partial charge in [-0.15, -0.1) is 0 Å². The van der Waals surface area contributed by atoms with Crippen LogP contribution in [0.5, 0.6) is 0 Å². The minimum atomic E-state index is -1.93. The van der Waals surface area contributed by atoms with Gasteiger partial charge in [-0.2, -0.15) is 0 Å². The molecule has 0 saturated carbocycles. The minimum Gasteiger partial charge on any atom is -0.444 e. The van der Waals surface area contributed by atoms with E-state index in [1.54, 1.807) is 4.90 Å². The minimum absolute atomic E-state index is 0.0208. The standard InChI is InChI=1S/C50H87NO8Si/c1-47(2,3)58-46(52)51-42(40-55-49(51,7)8)39-54-37-28-21-18-16-14-12-11-13-15-17-20-27-34-50-35-33-44(59-60(9,10)48(4,5)6)45(57-50)43(56-50)32-26-19-22-29-36-53-38-41-30-24-23-25-31-41/h20,23-25,27,30-31,42-45H,11-19,21-22,26,28-29,32-40H2,1-10H3/b27-20+/t42-,43+,44-,45+,50+/m1/s1. The van der Waals surface area contributed by atoms with Crippen molar-refractivity contribution in [3.05, 3.63) is 48.0 Å². The number of carbonyl (C=O) groups excluding carboxylic acids is 1. The first kappa shape index (κ1) is 50.8. The van der Waals surface area contributed by atoms with Gasteiger partial charge in [-0.25, -0.2) is 4.79 Å². The predicted molar refractivity (Wildman–Crippen MR) is 246 cm³/mol. The molecule has 1 amide bonds. The highest BCUT2D eigenvalue weighted by Gasteiger charge is 2.55. The summed E-state index contributed by atoms with van der Waals surface area (Å²) in [5.74, 6) is -0.498. The van der Waals surface area contributed by atoms with Crippen molar-refractivity contribution in [1.82, 2.24) is 4.90 Å². The Morgan fingerprint density at radius 1 is 0.817 bits per heavy atom. The maximum Gasteiger partial charge on any atom is 0.412 e. The lowest BCUT2D eigenvalue weighted by Crippen LogP contribution is -2.51. The molecule has 0 radical (unpaired) electrons. The lowest BCUT2D eigenvalue weighted by Gasteiger charge is -2.43. The second-order valence-corrected chi connectivity index (χ2v) is 25.6. The highest BCUT2D eigenvalue weighted by molar-refractivity contribution is 6.74. The summed E-state index contributed by atoms with van der Waals surface area (Å²) in [6, 6.07) is 10.3. The smallest absolute Gasteiger partial charge is 0.412 e. The molecule has 1 aromatic carbocycles. The van der Waals surface area contributed by atoms with E-state index in [9.17, 15) is 4.79 Å². The van der Waals surface area contributed by atoms with E-state index >= 15 is 0 Å². The third-order valence-electron chi connectivity index (χ3n) is 12.9. The summed E-state index contributed by atoms with van der Waals surface area (Å²) in [6.45, 7) is 24.3. The molecule has 0 spiro atoms. The van der Waals surface area contributed by atoms with Crippen LogP contribution in [0.2, 0.25) is 18.1 Å². The Labute approximate surface area is 367 Å². The van der Waals surface area contributed by atoms with Gasteiger partial charge in [0, 0.05) is 26.1 Å². The van der Waals surface area contributed by atoms with Crippen molar-refractivity contribution in [2.24, 2.45) is 0 Å². The molecule has 5 atom stereocenters. The number of unbranched alkanes of at least 4 members (excludes halogenated alkanes) is 12. The molecule has 1 aromatic rings. The first-order valence-corrected chi connectivity index (χ1v) is 26.9. The van der Waals surface area contributed by atoms with Crippen molar-refractivity contribution < 1.29 is 37.6 Å². The Morgan fingerprint density at radius 2 is 1.43 bits per heavy atom. The molecule has 3 aliphatic rings. The van der Waals surface area contributed by atoms with E-state index in [4.69, 9.17) is 32.8 Å². The maximum atomic E-state index is 12.8. The van der Waals surface area contributed by atoms with Crippen LogP contribution in [0.1, 0.15) is 177 Å². The molecule has 0 aliphatic carbocycles. The first-order valence-electron chi connectivity index (χ1n) is 24.0. The van der Waals surface area contributed by atoms with E-state index in [0.717, 1.165) is 58.0 Å². The van der Waals surface area contributed by atoms with Gasteiger partial charge in [0.15, 0.2) is 14.1 Å². The number of rotatable bonds is 27. The number of benzene rings is 1. The molecular formula is C50H87NO8Si. The molecule has 344 valence electrons. The number of fused-ring (bicyclic) bond motifs is 2. The van der Waals surface area contributed by atoms with Crippen LogP contribution >= 0.6 is 0 Å². The Balaban J connectivity index is 1.05. The molecule has 0 unspecified atom stereocenters. The van der Waals surface area contributed by atoms with Gasteiger partial charge < -0.3 is 32.8 Å². The first-order chi connectivity index (χ1) is 28.4. The molecular weight excluding hydrogens is 771 g/mol. The quantitative estimate of drug-likeness (QED) is 0.0491. The van der Waals surface area contributed by atoms with Gasteiger partial charge in [-0.1, -0.05) is 127 Å². The fraction of sp³-hybridized carbons (Fsp3) is 0.820. The topological polar surface area (TPSA) is 84.9 Å². The number of hydrogen-bond acceptors (Lipinski definition) is 8. The molecule has 0 N–H and O–H groups in total. The second kappa shape index (κ2) is 24.3. The van der Waals surface area contributed by atoms with Crippen LogP contribution in [0.15, 0.2) is 42.5 Å². The van der Waals surface area contributed by atoms with Crippen LogP contribution in [0.25, 0.3) is 0 Å². The molecule has 0 aromatic heterocycles. The van der Waals surface area contributed by atoms with E-state index in [0.29, 0.717) is 26.4 Å². The molecule has 4 rings (SSSR count). The largest absolute Gasteiger partial charge is 0.444 e. The van der Waals surface area contributed by atoms with Crippen LogP contribution in [0.4, 0.5) is 4.79 Å². The van der Waals surface area contributed by atoms with Gasteiger partial charge in [-0.05, 0) is 96.8 Å². The van der Waals surface area contributed by atoms with Crippen molar-refractivity contribution in [2.75, 3.05) is 26.4 Å². The Hall–Kier alpha value is -1.79. The summed E-state index contributed by atoms with van der Waals surface area (Å²) in [6.07, 6.45) is 25.3. The molecule has 9 nitrogen and oxygen atoms in total. The zero-order valence-electron chi connectivity index (χ0n) is 39.8. The number of hydrogen-bond donors (Lipinski definition) is 0. The fourth-order valence-electron chi connectivity index (χ4n) is 8.41. The average molecular weight is 858 g/mol. The van der Waals surface area contributed by atoms with Crippen LogP contribution in [0.3, 0.4) is 0 Å². The third-order valence-corrected chi connectivity index (χ3v) is 17.4. The summed E-state index contributed by atoms with van der Waals surface area (Å²) >= 11 is 0. The molecule has 3 aliphatic heterocycles. The van der Waals surface area contributed by atoms with Gasteiger partial charge in [0.1, 0.15) is 17.4 Å². The summed E-state index contributed by atoms with van der Waals surface area (Å²) in [4.78, 5) is 14.5. The number of nitrogens with zero attached hydrogens (tertiary/aromatic N) is 1. The molecule has 60 heavy (non-hydrogen) atoms. The summed E-state index contributed by atoms with van der Waals surface area (Å²) in [7, 11) is -1.93. The number of allylic oxidation sites excluding steroid dienone is 1. The zero-order valence-corrected chi connectivity index (χ0v) is 40.8. The lowest BCUT2D eigenvalue weighted by molar-refractivity contribution is -0.206. The highest BCUT2D eigenvalue weighted by Crippen LogP contribution is 2.47. The maximum absolute atomic E-state index is 12.8. The van der Waals surface area contributed by atoms with Gasteiger partial charge >= 0.3 is 6.09 Å². The highest BCUT2D eigenvalue weighted by atomic mass is 28.4. The average Bonchev–Trinajstić information content (AvgIpc) is 3.64. The Morgan fingerprint density at radius 3 is 2.08 bits per heavy atom. The number of ether oxygens (including phenoxy) is 6. The van der Waals surface area contributed by atoms with E-state index in [-0.39, 0.29) is 35.5 Å². The Bertz CT molecular complexity index is 1390. The van der Waals surface area contributed by atoms with Gasteiger partial charge in [-0.3, -0.25) is 4.90 Å². The van der Waals surface area contributed by atoms with E-state index < -0.39 is 25.4 Å². The molecule has 3 fully saturated rings. The molecule has 2 bridgehead atoms. The van der Waals surface area contributed by atoms with E-state index in [1.807, 2.05) is 40.7 Å². The normalized spacial score (nSPS) is 24.5. The van der Waals surface area contributed by atoms with Crippen molar-refractivity contribution in [3.63, 3.8) is 0 Å². The summed E-state index contributed by atoms with van der Waals surface area (Å²) < 4.78 is 44.2. The number of amides is 1. The molecule has 3 heterocycles. The van der Waals surface area contributed by atoms with Crippen molar-refractivity contribution >= 4 is 14.4 Å². The predicted octanol–water partition coefficient (Wildman–Crippen LogP) is 13.1. The van der Waals surface area contributed by atoms with Crippen LogP contribution in [-0.2, 0) is 39.5 Å². The Kier molecular flexibility index (Phi) is 20.6. The summed E-state index contributed by atoms with van der Waals surface area (Å²) in [5.41, 5.74) is 0.00209. The van der Waals surface area contributed by atoms with Crippen LogP contribution < -0.4 is 0 Å². The third kappa shape index (κ3) is 17.1. The van der Waals surface area contributed by atoms with Gasteiger partial charge in [0.2, 0.25) is 0 Å². The second-order valence-electron chi connectivity index (χ2n) is 20.8. The van der Waals surface area contributed by atoms with E-state index in [1.165, 1.54) is 69.8 Å². The summed E-state index contributed by atoms with van der Waals surface area (Å²) in [5, 5.41) is 0.166. The van der Waals surface area contributed by atoms with Crippen molar-refractivity contribution in [1.29, 1.82) is 0 Å². The monoisotopic (exact) mass is 858 g/mol. The lowest BCUT2D eigenvalue weighted by atomic mass is 9.95.